The second-order valence-corrected chi connectivity index (χ2v) is 2.99. The number of nitro groups is 1. The maximum Gasteiger partial charge on any atom is 0.575 e. The predicted octanol–water partition coefficient (Wildman–Crippen LogP) is 1.36. The van der Waals surface area contributed by atoms with Gasteiger partial charge in [0, 0.05) is 23.2 Å². The van der Waals surface area contributed by atoms with Crippen molar-refractivity contribution in [1.29, 1.82) is 0 Å². The molecule has 0 unspecified atom stereocenters. The smallest absolute Gasteiger partial charge is 0.489 e. The van der Waals surface area contributed by atoms with E-state index in [1.165, 1.54) is 0 Å². The second-order valence-electron chi connectivity index (χ2n) is 2.99. The highest BCUT2D eigenvalue weighted by Gasteiger charge is 2.37. The third-order valence-corrected chi connectivity index (χ3v) is 1.83. The number of methoxy groups -OCH3 is 1. The molecule has 0 fully saturated rings. The third-order valence-electron chi connectivity index (χ3n) is 1.83. The molecule has 0 aliphatic carbocycles. The van der Waals surface area contributed by atoms with Crippen molar-refractivity contribution in [3.05, 3.63) is 21.7 Å². The lowest BCUT2D eigenvalue weighted by molar-refractivity contribution is -0.390. The first kappa shape index (κ1) is 14.0. The lowest BCUT2D eigenvalue weighted by atomic mass is 10.2. The number of aromatic nitrogens is 1. The Kier molecular flexibility index (Phi) is 3.91. The van der Waals surface area contributed by atoms with Crippen LogP contribution in [-0.4, -0.2) is 23.4 Å². The summed E-state index contributed by atoms with van der Waals surface area (Å²) in [4.78, 5) is 12.7. The van der Waals surface area contributed by atoms with Gasteiger partial charge in [0.05, 0.1) is 7.11 Å². The normalized spacial score (nSPS) is 11.2. The zero-order valence-electron chi connectivity index (χ0n) is 9.02. The van der Waals surface area contributed by atoms with Crippen molar-refractivity contribution >= 4 is 5.82 Å². The monoisotopic (exact) mass is 267 g/mol. The summed E-state index contributed by atoms with van der Waals surface area (Å²) in [6, 6.07) is 0.919. The molecule has 0 saturated heterocycles. The van der Waals surface area contributed by atoms with Crippen molar-refractivity contribution in [3.8, 4) is 11.6 Å². The molecule has 0 spiro atoms. The van der Waals surface area contributed by atoms with E-state index >= 15 is 0 Å². The van der Waals surface area contributed by atoms with Gasteiger partial charge in [0.25, 0.3) is 0 Å². The Balaban J connectivity index is 3.35. The summed E-state index contributed by atoms with van der Waals surface area (Å²) in [7, 11) is 1.07. The largest absolute Gasteiger partial charge is 0.575 e. The molecule has 0 bridgehead atoms. The first-order valence-electron chi connectivity index (χ1n) is 4.46. The molecule has 1 rings (SSSR count). The highest BCUT2D eigenvalue weighted by molar-refractivity contribution is 5.46. The quantitative estimate of drug-likeness (QED) is 0.652. The van der Waals surface area contributed by atoms with Crippen molar-refractivity contribution in [2.75, 3.05) is 7.11 Å². The SMILES string of the molecule is COc1c(CN)cc([N+](=O)[O-])nc1OC(F)(F)F. The summed E-state index contributed by atoms with van der Waals surface area (Å²) >= 11 is 0. The molecule has 0 atom stereocenters. The molecule has 18 heavy (non-hydrogen) atoms. The van der Waals surface area contributed by atoms with Crippen molar-refractivity contribution < 1.29 is 27.6 Å². The predicted molar refractivity (Wildman–Crippen MR) is 52.0 cm³/mol. The van der Waals surface area contributed by atoms with Gasteiger partial charge in [0.2, 0.25) is 5.75 Å². The minimum Gasteiger partial charge on any atom is -0.489 e. The molecule has 0 radical (unpaired) electrons. The van der Waals surface area contributed by atoms with Crippen molar-refractivity contribution in [2.24, 2.45) is 5.73 Å². The average molecular weight is 267 g/mol. The highest BCUT2D eigenvalue weighted by Crippen LogP contribution is 2.35. The minimum absolute atomic E-state index is 0.0153. The first-order valence-corrected chi connectivity index (χ1v) is 4.46. The fraction of sp³-hybridized carbons (Fsp3) is 0.375. The van der Waals surface area contributed by atoms with Crippen LogP contribution in [0.2, 0.25) is 0 Å². The number of pyridine rings is 1. The number of alkyl halides is 3. The second kappa shape index (κ2) is 5.04. The van der Waals surface area contributed by atoms with E-state index in [1.54, 1.807) is 0 Å². The Morgan fingerprint density at radius 1 is 1.56 bits per heavy atom. The van der Waals surface area contributed by atoms with Crippen LogP contribution >= 0.6 is 0 Å². The van der Waals surface area contributed by atoms with Gasteiger partial charge in [-0.2, -0.15) is 0 Å². The Labute approximate surface area is 98.5 Å². The number of hydrogen-bond acceptors (Lipinski definition) is 6. The Bertz CT molecular complexity index is 464. The zero-order chi connectivity index (χ0) is 13.9. The lowest BCUT2D eigenvalue weighted by Gasteiger charge is -2.11. The third kappa shape index (κ3) is 3.20. The van der Waals surface area contributed by atoms with Gasteiger partial charge in [0.15, 0.2) is 0 Å². The van der Waals surface area contributed by atoms with Crippen LogP contribution in [0.1, 0.15) is 5.56 Å². The molecular weight excluding hydrogens is 259 g/mol. The molecule has 1 aromatic rings. The Morgan fingerprint density at radius 3 is 2.56 bits per heavy atom. The molecule has 0 aliphatic rings. The summed E-state index contributed by atoms with van der Waals surface area (Å²) < 4.78 is 44.5. The van der Waals surface area contributed by atoms with Crippen molar-refractivity contribution in [3.63, 3.8) is 0 Å². The first-order chi connectivity index (χ1) is 8.28. The average Bonchev–Trinajstić information content (AvgIpc) is 2.25. The number of rotatable bonds is 4. The van der Waals surface area contributed by atoms with E-state index < -0.39 is 23.0 Å². The Hall–Kier alpha value is -2.10. The highest BCUT2D eigenvalue weighted by atomic mass is 19.4. The maximum atomic E-state index is 12.1. The van der Waals surface area contributed by atoms with E-state index in [0.717, 1.165) is 13.2 Å². The van der Waals surface area contributed by atoms with E-state index in [2.05, 4.69) is 14.5 Å². The van der Waals surface area contributed by atoms with Crippen LogP contribution in [0, 0.1) is 10.1 Å². The summed E-state index contributed by atoms with van der Waals surface area (Å²) in [6.07, 6.45) is -5.04. The molecule has 10 heteroatoms. The fourth-order valence-corrected chi connectivity index (χ4v) is 1.19. The van der Waals surface area contributed by atoms with Gasteiger partial charge in [-0.3, -0.25) is 0 Å². The number of ether oxygens (including phenoxy) is 2. The standard InChI is InChI=1S/C8H8F3N3O4/c1-17-6-4(3-12)2-5(14(15)16)13-7(6)18-8(9,10)11/h2H,3,12H2,1H3. The number of nitrogens with two attached hydrogens (primary N) is 1. The molecule has 100 valence electrons. The van der Waals surface area contributed by atoms with Gasteiger partial charge < -0.3 is 25.3 Å². The summed E-state index contributed by atoms with van der Waals surface area (Å²) in [5.74, 6) is -2.24. The van der Waals surface area contributed by atoms with Gasteiger partial charge in [-0.15, -0.1) is 13.2 Å². The van der Waals surface area contributed by atoms with Crippen LogP contribution in [0.3, 0.4) is 0 Å². The van der Waals surface area contributed by atoms with Crippen molar-refractivity contribution in [1.82, 2.24) is 4.98 Å². The van der Waals surface area contributed by atoms with E-state index in [4.69, 9.17) is 5.73 Å². The van der Waals surface area contributed by atoms with Crippen LogP contribution in [0.15, 0.2) is 6.07 Å². The maximum absolute atomic E-state index is 12.1. The van der Waals surface area contributed by atoms with Crippen LogP contribution in [0.25, 0.3) is 0 Å². The molecular formula is C8H8F3N3O4. The lowest BCUT2D eigenvalue weighted by Crippen LogP contribution is -2.19. The summed E-state index contributed by atoms with van der Waals surface area (Å²) in [6.45, 7) is -0.263. The summed E-state index contributed by atoms with van der Waals surface area (Å²) in [5, 5.41) is 10.5. The molecule has 0 aliphatic heterocycles. The molecule has 0 aromatic carbocycles. The van der Waals surface area contributed by atoms with E-state index in [9.17, 15) is 23.3 Å². The van der Waals surface area contributed by atoms with Crippen LogP contribution < -0.4 is 15.2 Å². The van der Waals surface area contributed by atoms with Gasteiger partial charge in [-0.1, -0.05) is 0 Å². The van der Waals surface area contributed by atoms with Gasteiger partial charge >= 0.3 is 18.1 Å². The minimum atomic E-state index is -5.04. The number of hydrogen-bond donors (Lipinski definition) is 1. The molecule has 2 N–H and O–H groups in total. The van der Waals surface area contributed by atoms with Gasteiger partial charge in [0.1, 0.15) is 0 Å². The molecule has 7 nitrogen and oxygen atoms in total. The molecule has 0 amide bonds. The molecule has 0 saturated carbocycles. The van der Waals surface area contributed by atoms with Crippen molar-refractivity contribution in [2.45, 2.75) is 12.9 Å². The number of halogens is 3. The summed E-state index contributed by atoms with van der Waals surface area (Å²) in [5.41, 5.74) is 5.25. The molecule has 1 heterocycles. The topological polar surface area (TPSA) is 101 Å². The van der Waals surface area contributed by atoms with E-state index in [-0.39, 0.29) is 17.9 Å². The molecule has 1 aromatic heterocycles. The van der Waals surface area contributed by atoms with Gasteiger partial charge in [-0.05, 0) is 4.92 Å². The number of nitrogens with zero attached hydrogens (tertiary/aromatic N) is 2. The Morgan fingerprint density at radius 2 is 2.17 bits per heavy atom. The van der Waals surface area contributed by atoms with E-state index in [0.29, 0.717) is 0 Å². The van der Waals surface area contributed by atoms with Crippen LogP contribution in [-0.2, 0) is 6.54 Å². The van der Waals surface area contributed by atoms with Gasteiger partial charge in [-0.25, -0.2) is 0 Å². The fourth-order valence-electron chi connectivity index (χ4n) is 1.19. The van der Waals surface area contributed by atoms with Crippen LogP contribution in [0.4, 0.5) is 19.0 Å². The van der Waals surface area contributed by atoms with E-state index in [1.807, 2.05) is 0 Å². The zero-order valence-corrected chi connectivity index (χ0v) is 9.02. The van der Waals surface area contributed by atoms with Crippen LogP contribution in [0.5, 0.6) is 11.6 Å².